The van der Waals surface area contributed by atoms with Crippen molar-refractivity contribution in [3.8, 4) is 0 Å². The summed E-state index contributed by atoms with van der Waals surface area (Å²) in [4.78, 5) is 29.8. The van der Waals surface area contributed by atoms with Gasteiger partial charge in [-0.05, 0) is 60.9 Å². The zero-order chi connectivity index (χ0) is 31.8. The van der Waals surface area contributed by atoms with Gasteiger partial charge in [0.2, 0.25) is 11.8 Å². The van der Waals surface area contributed by atoms with Crippen molar-refractivity contribution in [2.24, 2.45) is 0 Å². The number of hydrogen-bond acceptors (Lipinski definition) is 4. The molecule has 1 saturated carbocycles. The molecule has 0 heterocycles. The van der Waals surface area contributed by atoms with E-state index in [9.17, 15) is 18.0 Å². The van der Waals surface area contributed by atoms with Crippen molar-refractivity contribution in [3.05, 3.63) is 131 Å². The maximum absolute atomic E-state index is 15.1. The Bertz CT molecular complexity index is 1700. The van der Waals surface area contributed by atoms with E-state index in [0.717, 1.165) is 40.0 Å². The van der Waals surface area contributed by atoms with Gasteiger partial charge in [0.05, 0.1) is 10.6 Å². The summed E-state index contributed by atoms with van der Waals surface area (Å²) in [5.41, 5.74) is 1.31. The molecule has 4 aromatic rings. The Labute approximate surface area is 272 Å². The quantitative estimate of drug-likeness (QED) is 0.184. The predicted octanol–water partition coefficient (Wildman–Crippen LogP) is 6.48. The Kier molecular flexibility index (Phi) is 10.7. The molecular weight excluding hydrogens is 657 g/mol. The molecule has 0 aromatic heterocycles. The standard InChI is InChI=1S/C35H35BrFN3O4S/c36-28-19-21-30(22-20-28)40(45(43,44)31-16-5-2-6-17-31)25-34(41)39(24-27-13-7-10-18-32(27)37)33(23-26-11-3-1-4-12-26)35(42)38-29-14-8-9-15-29/h1-7,10-13,16-22,29,33H,8-9,14-15,23-25H2,(H,38,42)/t33-/m0/s1. The van der Waals surface area contributed by atoms with Crippen LogP contribution in [0.4, 0.5) is 10.1 Å². The van der Waals surface area contributed by atoms with Gasteiger partial charge >= 0.3 is 0 Å². The molecule has 0 radical (unpaired) electrons. The van der Waals surface area contributed by atoms with E-state index in [0.29, 0.717) is 0 Å². The summed E-state index contributed by atoms with van der Waals surface area (Å²) >= 11 is 3.39. The first-order chi connectivity index (χ1) is 21.7. The summed E-state index contributed by atoms with van der Waals surface area (Å²) < 4.78 is 44.9. The van der Waals surface area contributed by atoms with Gasteiger partial charge in [-0.2, -0.15) is 0 Å². The maximum atomic E-state index is 15.1. The van der Waals surface area contributed by atoms with E-state index in [1.807, 2.05) is 30.3 Å². The summed E-state index contributed by atoms with van der Waals surface area (Å²) in [7, 11) is -4.20. The number of sulfonamides is 1. The highest BCUT2D eigenvalue weighted by Crippen LogP contribution is 2.27. The number of amides is 2. The summed E-state index contributed by atoms with van der Waals surface area (Å²) in [6, 6.07) is 28.8. The molecule has 0 aliphatic heterocycles. The minimum absolute atomic E-state index is 0.0149. The molecule has 1 aliphatic carbocycles. The van der Waals surface area contributed by atoms with Gasteiger partial charge in [0.15, 0.2) is 0 Å². The van der Waals surface area contributed by atoms with E-state index in [1.54, 1.807) is 60.7 Å². The smallest absolute Gasteiger partial charge is 0.264 e. The van der Waals surface area contributed by atoms with Crippen LogP contribution in [0.3, 0.4) is 0 Å². The number of carbonyl (C=O) groups is 2. The summed E-state index contributed by atoms with van der Waals surface area (Å²) in [5, 5.41) is 3.12. The molecule has 1 N–H and O–H groups in total. The van der Waals surface area contributed by atoms with Crippen LogP contribution in [0.25, 0.3) is 0 Å². The third-order valence-corrected chi connectivity index (χ3v) is 10.3. The fourth-order valence-corrected chi connectivity index (χ4v) is 7.29. The number of halogens is 2. The zero-order valence-corrected chi connectivity index (χ0v) is 27.1. The van der Waals surface area contributed by atoms with E-state index < -0.39 is 34.3 Å². The van der Waals surface area contributed by atoms with Crippen molar-refractivity contribution in [2.75, 3.05) is 10.8 Å². The molecule has 5 rings (SSSR count). The molecule has 1 fully saturated rings. The lowest BCUT2D eigenvalue weighted by atomic mass is 10.0. The van der Waals surface area contributed by atoms with Gasteiger partial charge in [-0.15, -0.1) is 0 Å². The monoisotopic (exact) mass is 691 g/mol. The maximum Gasteiger partial charge on any atom is 0.264 e. The first kappa shape index (κ1) is 32.4. The Morgan fingerprint density at radius 1 is 0.844 bits per heavy atom. The fraction of sp³-hybridized carbons (Fsp3) is 0.257. The Morgan fingerprint density at radius 3 is 2.09 bits per heavy atom. The SMILES string of the molecule is O=C(NC1CCCC1)[C@H](Cc1ccccc1)N(Cc1ccccc1F)C(=O)CN(c1ccc(Br)cc1)S(=O)(=O)c1ccccc1. The van der Waals surface area contributed by atoms with E-state index in [4.69, 9.17) is 0 Å². The third-order valence-electron chi connectivity index (χ3n) is 8.00. The van der Waals surface area contributed by atoms with Crippen LogP contribution in [0.2, 0.25) is 0 Å². The minimum atomic E-state index is -4.20. The van der Waals surface area contributed by atoms with Crippen molar-refractivity contribution in [1.29, 1.82) is 0 Å². The lowest BCUT2D eigenvalue weighted by Gasteiger charge is -2.34. The number of carbonyl (C=O) groups excluding carboxylic acids is 2. The van der Waals surface area contributed by atoms with Gasteiger partial charge in [0.1, 0.15) is 18.4 Å². The molecule has 234 valence electrons. The average molecular weight is 693 g/mol. The van der Waals surface area contributed by atoms with Crippen molar-refractivity contribution >= 4 is 43.5 Å². The second-order valence-electron chi connectivity index (χ2n) is 11.1. The number of nitrogens with one attached hydrogen (secondary N) is 1. The van der Waals surface area contributed by atoms with Crippen LogP contribution in [0.5, 0.6) is 0 Å². The van der Waals surface area contributed by atoms with Gasteiger partial charge in [-0.3, -0.25) is 13.9 Å². The van der Waals surface area contributed by atoms with Crippen molar-refractivity contribution in [3.63, 3.8) is 0 Å². The highest BCUT2D eigenvalue weighted by molar-refractivity contribution is 9.10. The lowest BCUT2D eigenvalue weighted by molar-refractivity contribution is -0.140. The molecule has 0 spiro atoms. The average Bonchev–Trinajstić information content (AvgIpc) is 3.56. The van der Waals surface area contributed by atoms with Crippen molar-refractivity contribution in [1.82, 2.24) is 10.2 Å². The van der Waals surface area contributed by atoms with Crippen molar-refractivity contribution < 1.29 is 22.4 Å². The predicted molar refractivity (Wildman–Crippen MR) is 176 cm³/mol. The van der Waals surface area contributed by atoms with Gasteiger partial charge in [0, 0.05) is 29.0 Å². The van der Waals surface area contributed by atoms with Crippen molar-refractivity contribution in [2.45, 2.75) is 55.6 Å². The number of benzene rings is 4. The number of hydrogen-bond donors (Lipinski definition) is 1. The molecule has 2 amide bonds. The highest BCUT2D eigenvalue weighted by atomic mass is 79.9. The zero-order valence-electron chi connectivity index (χ0n) is 24.7. The topological polar surface area (TPSA) is 86.8 Å². The van der Waals surface area contributed by atoms with E-state index in [-0.39, 0.29) is 41.1 Å². The molecule has 45 heavy (non-hydrogen) atoms. The molecule has 0 saturated heterocycles. The summed E-state index contributed by atoms with van der Waals surface area (Å²) in [6.45, 7) is -0.823. The van der Waals surface area contributed by atoms with Gasteiger partial charge < -0.3 is 10.2 Å². The Hall–Kier alpha value is -4.02. The summed E-state index contributed by atoms with van der Waals surface area (Å²) in [5.74, 6) is -1.51. The van der Waals surface area contributed by atoms with Gasteiger partial charge in [-0.25, -0.2) is 12.8 Å². The van der Waals surface area contributed by atoms with E-state index in [2.05, 4.69) is 21.2 Å². The normalized spacial score (nSPS) is 14.1. The number of nitrogens with zero attached hydrogens (tertiary/aromatic N) is 2. The van der Waals surface area contributed by atoms with Crippen LogP contribution in [-0.4, -0.2) is 43.8 Å². The molecule has 0 bridgehead atoms. The highest BCUT2D eigenvalue weighted by Gasteiger charge is 2.35. The van der Waals surface area contributed by atoms with Crippen LogP contribution in [0.1, 0.15) is 36.8 Å². The first-order valence-electron chi connectivity index (χ1n) is 14.9. The van der Waals surface area contributed by atoms with E-state index >= 15 is 4.39 Å². The molecule has 10 heteroatoms. The van der Waals surface area contributed by atoms with Crippen LogP contribution in [0, 0.1) is 5.82 Å². The molecular formula is C35H35BrFN3O4S. The summed E-state index contributed by atoms with van der Waals surface area (Å²) in [6.07, 6.45) is 3.87. The lowest BCUT2D eigenvalue weighted by Crippen LogP contribution is -2.54. The minimum Gasteiger partial charge on any atom is -0.352 e. The van der Waals surface area contributed by atoms with Crippen LogP contribution >= 0.6 is 15.9 Å². The second-order valence-corrected chi connectivity index (χ2v) is 13.9. The van der Waals surface area contributed by atoms with Gasteiger partial charge in [0.25, 0.3) is 10.0 Å². The largest absolute Gasteiger partial charge is 0.352 e. The first-order valence-corrected chi connectivity index (χ1v) is 17.2. The molecule has 7 nitrogen and oxygen atoms in total. The van der Waals surface area contributed by atoms with E-state index in [1.165, 1.54) is 23.1 Å². The fourth-order valence-electron chi connectivity index (χ4n) is 5.59. The van der Waals surface area contributed by atoms with Gasteiger partial charge in [-0.1, -0.05) is 95.5 Å². The Morgan fingerprint density at radius 2 is 1.44 bits per heavy atom. The van der Waals surface area contributed by atoms with Crippen LogP contribution in [-0.2, 0) is 32.6 Å². The molecule has 0 unspecified atom stereocenters. The molecule has 1 aliphatic rings. The number of rotatable bonds is 12. The van der Waals surface area contributed by atoms with Crippen LogP contribution in [0.15, 0.2) is 119 Å². The Balaban J connectivity index is 1.56. The molecule has 1 atom stereocenters. The number of anilines is 1. The second kappa shape index (κ2) is 14.8. The molecule has 4 aromatic carbocycles. The third kappa shape index (κ3) is 8.18. The van der Waals surface area contributed by atoms with Crippen LogP contribution < -0.4 is 9.62 Å².